The number of benzene rings is 1. The number of rotatable bonds is 6. The van der Waals surface area contributed by atoms with Gasteiger partial charge in [0, 0.05) is 30.6 Å². The number of fused-ring (bicyclic) bond motifs is 1. The highest BCUT2D eigenvalue weighted by Crippen LogP contribution is 2.21. The molecule has 1 fully saturated rings. The minimum absolute atomic E-state index is 0.0297. The van der Waals surface area contributed by atoms with Crippen LogP contribution in [-0.2, 0) is 14.6 Å². The van der Waals surface area contributed by atoms with E-state index in [0.717, 1.165) is 17.4 Å². The molecule has 25 heavy (non-hydrogen) atoms. The summed E-state index contributed by atoms with van der Waals surface area (Å²) < 4.78 is 23.3. The molecule has 1 N–H and O–H groups in total. The van der Waals surface area contributed by atoms with Crippen LogP contribution in [0.25, 0.3) is 10.9 Å². The molecular weight excluding hydrogens is 338 g/mol. The molecule has 7 heteroatoms. The Hall–Kier alpha value is -1.99. The molecular formula is C18H23N3O3S. The smallest absolute Gasteiger partial charge is 0.225 e. The highest BCUT2D eigenvalue weighted by Gasteiger charge is 2.31. The fraction of sp³-hybridized carbons (Fsp3) is 0.444. The van der Waals surface area contributed by atoms with Crippen LogP contribution in [-0.4, -0.2) is 54.8 Å². The van der Waals surface area contributed by atoms with E-state index in [1.54, 1.807) is 6.20 Å². The Bertz CT molecular complexity index is 862. The maximum absolute atomic E-state index is 12.3. The third kappa shape index (κ3) is 4.35. The second-order valence-electron chi connectivity index (χ2n) is 6.36. The number of nitrogens with one attached hydrogen (secondary N) is 1. The second kappa shape index (κ2) is 7.49. The summed E-state index contributed by atoms with van der Waals surface area (Å²) in [5.41, 5.74) is 1.47. The number of hydrogen-bond acceptors (Lipinski definition) is 5. The first kappa shape index (κ1) is 17.8. The average molecular weight is 361 g/mol. The van der Waals surface area contributed by atoms with E-state index >= 15 is 0 Å². The largest absolute Gasteiger partial charge is 0.324 e. The third-order valence-electron chi connectivity index (χ3n) is 4.66. The monoisotopic (exact) mass is 361 g/mol. The van der Waals surface area contributed by atoms with Crippen molar-refractivity contribution in [1.29, 1.82) is 0 Å². The van der Waals surface area contributed by atoms with Gasteiger partial charge < -0.3 is 5.32 Å². The number of amides is 1. The maximum atomic E-state index is 12.3. The van der Waals surface area contributed by atoms with Crippen molar-refractivity contribution >= 4 is 32.3 Å². The zero-order chi connectivity index (χ0) is 17.9. The average Bonchev–Trinajstić information content (AvgIpc) is 2.95. The van der Waals surface area contributed by atoms with Crippen LogP contribution in [0.1, 0.15) is 19.8 Å². The van der Waals surface area contributed by atoms with Gasteiger partial charge in [-0.3, -0.25) is 14.7 Å². The van der Waals surface area contributed by atoms with Crippen LogP contribution < -0.4 is 5.32 Å². The van der Waals surface area contributed by atoms with Crippen molar-refractivity contribution in [3.05, 3.63) is 36.5 Å². The topological polar surface area (TPSA) is 79.4 Å². The molecule has 1 unspecified atom stereocenters. The van der Waals surface area contributed by atoms with E-state index in [2.05, 4.69) is 15.2 Å². The van der Waals surface area contributed by atoms with Crippen molar-refractivity contribution in [1.82, 2.24) is 9.88 Å². The van der Waals surface area contributed by atoms with Gasteiger partial charge in [-0.25, -0.2) is 8.42 Å². The number of carbonyl (C=O) groups excluding carboxylic acids is 1. The first-order chi connectivity index (χ1) is 12.0. The second-order valence-corrected chi connectivity index (χ2v) is 8.59. The molecule has 1 amide bonds. The Morgan fingerprint density at radius 3 is 2.84 bits per heavy atom. The van der Waals surface area contributed by atoms with Crippen molar-refractivity contribution in [3.63, 3.8) is 0 Å². The van der Waals surface area contributed by atoms with Crippen LogP contribution in [0, 0.1) is 0 Å². The molecule has 1 aliphatic heterocycles. The molecule has 1 aromatic carbocycles. The summed E-state index contributed by atoms with van der Waals surface area (Å²) in [6.45, 7) is 3.29. The molecule has 0 radical (unpaired) electrons. The SMILES string of the molecule is CCN(CCC(=O)Nc1cccc2cccnc12)C1CCS(=O)(=O)C1. The predicted molar refractivity (Wildman–Crippen MR) is 99.3 cm³/mol. The fourth-order valence-corrected chi connectivity index (χ4v) is 5.09. The number of para-hydroxylation sites is 1. The number of carbonyl (C=O) groups is 1. The van der Waals surface area contributed by atoms with E-state index in [1.165, 1.54) is 0 Å². The van der Waals surface area contributed by atoms with Crippen LogP contribution >= 0.6 is 0 Å². The Kier molecular flexibility index (Phi) is 5.34. The van der Waals surface area contributed by atoms with Crippen LogP contribution in [0.5, 0.6) is 0 Å². The lowest BCUT2D eigenvalue weighted by molar-refractivity contribution is -0.116. The molecule has 1 atom stereocenters. The lowest BCUT2D eigenvalue weighted by Crippen LogP contribution is -2.38. The normalized spacial score (nSPS) is 19.4. The summed E-state index contributed by atoms with van der Waals surface area (Å²) in [7, 11) is -2.91. The van der Waals surface area contributed by atoms with Crippen LogP contribution in [0.2, 0.25) is 0 Å². The van der Waals surface area contributed by atoms with E-state index in [-0.39, 0.29) is 23.5 Å². The number of pyridine rings is 1. The zero-order valence-electron chi connectivity index (χ0n) is 14.3. The van der Waals surface area contributed by atoms with E-state index in [9.17, 15) is 13.2 Å². The van der Waals surface area contributed by atoms with Gasteiger partial charge in [0.25, 0.3) is 0 Å². The van der Waals surface area contributed by atoms with Gasteiger partial charge in [0.15, 0.2) is 9.84 Å². The van der Waals surface area contributed by atoms with Gasteiger partial charge in [0.2, 0.25) is 5.91 Å². The standard InChI is InChI=1S/C18H23N3O3S/c1-2-21(15-9-12-25(23,24)13-15)11-8-17(22)20-16-7-3-5-14-6-4-10-19-18(14)16/h3-7,10,15H,2,8-9,11-13H2,1H3,(H,20,22). The number of sulfone groups is 1. The summed E-state index contributed by atoms with van der Waals surface area (Å²) in [6, 6.07) is 9.54. The fourth-order valence-electron chi connectivity index (χ4n) is 3.33. The molecule has 2 aromatic rings. The summed E-state index contributed by atoms with van der Waals surface area (Å²) in [4.78, 5) is 18.8. The highest BCUT2D eigenvalue weighted by atomic mass is 32.2. The predicted octanol–water partition coefficient (Wildman–Crippen LogP) is 2.07. The molecule has 1 aromatic heterocycles. The highest BCUT2D eigenvalue weighted by molar-refractivity contribution is 7.91. The number of hydrogen-bond donors (Lipinski definition) is 1. The first-order valence-corrected chi connectivity index (χ1v) is 10.4. The molecule has 3 rings (SSSR count). The number of anilines is 1. The van der Waals surface area contributed by atoms with E-state index in [4.69, 9.17) is 0 Å². The van der Waals surface area contributed by atoms with Gasteiger partial charge >= 0.3 is 0 Å². The van der Waals surface area contributed by atoms with Crippen molar-refractivity contribution in [2.45, 2.75) is 25.8 Å². The Labute approximate surface area is 148 Å². The molecule has 0 bridgehead atoms. The number of aromatic nitrogens is 1. The molecule has 0 aliphatic carbocycles. The van der Waals surface area contributed by atoms with Crippen molar-refractivity contribution in [3.8, 4) is 0 Å². The first-order valence-electron chi connectivity index (χ1n) is 8.56. The molecule has 1 saturated heterocycles. The zero-order valence-corrected chi connectivity index (χ0v) is 15.1. The van der Waals surface area contributed by atoms with E-state index in [0.29, 0.717) is 25.1 Å². The minimum atomic E-state index is -2.91. The van der Waals surface area contributed by atoms with Crippen LogP contribution in [0.15, 0.2) is 36.5 Å². The van der Waals surface area contributed by atoms with Gasteiger partial charge in [-0.2, -0.15) is 0 Å². The van der Waals surface area contributed by atoms with E-state index in [1.807, 2.05) is 37.3 Å². The molecule has 6 nitrogen and oxygen atoms in total. The van der Waals surface area contributed by atoms with Crippen molar-refractivity contribution < 1.29 is 13.2 Å². The van der Waals surface area contributed by atoms with E-state index < -0.39 is 9.84 Å². The lowest BCUT2D eigenvalue weighted by atomic mass is 10.2. The molecule has 0 saturated carbocycles. The minimum Gasteiger partial charge on any atom is -0.324 e. The van der Waals surface area contributed by atoms with Gasteiger partial charge in [-0.1, -0.05) is 25.1 Å². The quantitative estimate of drug-likeness (QED) is 0.852. The van der Waals surface area contributed by atoms with Crippen LogP contribution in [0.3, 0.4) is 0 Å². The van der Waals surface area contributed by atoms with Gasteiger partial charge in [0.1, 0.15) is 0 Å². The lowest BCUT2D eigenvalue weighted by Gasteiger charge is -2.26. The summed E-state index contributed by atoms with van der Waals surface area (Å²) in [5.74, 6) is 0.370. The summed E-state index contributed by atoms with van der Waals surface area (Å²) >= 11 is 0. The third-order valence-corrected chi connectivity index (χ3v) is 6.41. The van der Waals surface area contributed by atoms with Gasteiger partial charge in [0.05, 0.1) is 22.7 Å². The maximum Gasteiger partial charge on any atom is 0.225 e. The Morgan fingerprint density at radius 1 is 1.32 bits per heavy atom. The Morgan fingerprint density at radius 2 is 2.12 bits per heavy atom. The summed E-state index contributed by atoms with van der Waals surface area (Å²) in [6.07, 6.45) is 2.69. The molecule has 134 valence electrons. The summed E-state index contributed by atoms with van der Waals surface area (Å²) in [5, 5.41) is 3.90. The Balaban J connectivity index is 1.60. The molecule has 0 spiro atoms. The van der Waals surface area contributed by atoms with Gasteiger partial charge in [-0.15, -0.1) is 0 Å². The van der Waals surface area contributed by atoms with Gasteiger partial charge in [-0.05, 0) is 25.1 Å². The molecule has 2 heterocycles. The van der Waals surface area contributed by atoms with Crippen LogP contribution in [0.4, 0.5) is 5.69 Å². The van der Waals surface area contributed by atoms with Crippen molar-refractivity contribution in [2.24, 2.45) is 0 Å². The van der Waals surface area contributed by atoms with Crippen molar-refractivity contribution in [2.75, 3.05) is 29.9 Å². The molecule has 1 aliphatic rings. The number of nitrogens with zero attached hydrogens (tertiary/aromatic N) is 2.